The second-order valence-corrected chi connectivity index (χ2v) is 5.70. The summed E-state index contributed by atoms with van der Waals surface area (Å²) in [6.07, 6.45) is 1.67. The van der Waals surface area contributed by atoms with Gasteiger partial charge in [-0.25, -0.2) is 4.79 Å². The first-order valence-corrected chi connectivity index (χ1v) is 6.76. The molecule has 0 aliphatic heterocycles. The molecule has 0 spiro atoms. The van der Waals surface area contributed by atoms with E-state index in [1.54, 1.807) is 12.1 Å². The van der Waals surface area contributed by atoms with Crippen LogP contribution in [0.2, 0.25) is 0 Å². The van der Waals surface area contributed by atoms with E-state index in [2.05, 4.69) is 74.4 Å². The Hall–Kier alpha value is 0.620. The van der Waals surface area contributed by atoms with Crippen LogP contribution in [0.3, 0.4) is 0 Å². The van der Waals surface area contributed by atoms with E-state index < -0.39 is 5.97 Å². The first-order chi connectivity index (χ1) is 6.49. The minimum absolute atomic E-state index is 0.338. The number of hydrogen-bond acceptors (Lipinski definition) is 1. The third-order valence-electron chi connectivity index (χ3n) is 1.63. The fraction of sp³-hybridized carbons (Fsp3) is 0. The SMILES string of the molecule is C=Cc1cc(C(=O)O)c(I)c(I)c1I. The Morgan fingerprint density at radius 2 is 1.86 bits per heavy atom. The molecule has 74 valence electrons. The minimum atomic E-state index is -0.896. The van der Waals surface area contributed by atoms with E-state index in [-0.39, 0.29) is 0 Å². The second-order valence-electron chi connectivity index (χ2n) is 2.46. The molecule has 1 aromatic rings. The third kappa shape index (κ3) is 2.40. The summed E-state index contributed by atoms with van der Waals surface area (Å²) in [7, 11) is 0. The average Bonchev–Trinajstić information content (AvgIpc) is 2.14. The number of carboxylic acids is 1. The van der Waals surface area contributed by atoms with Crippen LogP contribution in [-0.4, -0.2) is 11.1 Å². The van der Waals surface area contributed by atoms with Gasteiger partial charge in [0.25, 0.3) is 0 Å². The van der Waals surface area contributed by atoms with Gasteiger partial charge >= 0.3 is 5.97 Å². The Bertz CT molecular complexity index is 413. The van der Waals surface area contributed by atoms with E-state index in [4.69, 9.17) is 5.11 Å². The molecule has 0 amide bonds. The highest BCUT2D eigenvalue weighted by atomic mass is 127. The van der Waals surface area contributed by atoms with Crippen molar-refractivity contribution >= 4 is 79.8 Å². The molecule has 0 fully saturated rings. The third-order valence-corrected chi connectivity index (χ3v) is 7.05. The molecule has 0 aliphatic rings. The summed E-state index contributed by atoms with van der Waals surface area (Å²) in [4.78, 5) is 10.9. The van der Waals surface area contributed by atoms with Gasteiger partial charge in [-0.2, -0.15) is 0 Å². The van der Waals surface area contributed by atoms with Crippen molar-refractivity contribution in [3.63, 3.8) is 0 Å². The molecule has 1 rings (SSSR count). The van der Waals surface area contributed by atoms with Crippen molar-refractivity contribution in [1.29, 1.82) is 0 Å². The maximum atomic E-state index is 10.9. The van der Waals surface area contributed by atoms with Crippen LogP contribution in [0.25, 0.3) is 6.08 Å². The highest BCUT2D eigenvalue weighted by Gasteiger charge is 2.15. The van der Waals surface area contributed by atoms with Gasteiger partial charge < -0.3 is 5.11 Å². The van der Waals surface area contributed by atoms with Crippen molar-refractivity contribution in [1.82, 2.24) is 0 Å². The number of rotatable bonds is 2. The summed E-state index contributed by atoms with van der Waals surface area (Å²) < 4.78 is 2.80. The van der Waals surface area contributed by atoms with Gasteiger partial charge in [0.1, 0.15) is 0 Å². The molecule has 0 saturated carbocycles. The Morgan fingerprint density at radius 3 is 2.29 bits per heavy atom. The summed E-state index contributed by atoms with van der Waals surface area (Å²) in [6, 6.07) is 1.65. The van der Waals surface area contributed by atoms with Gasteiger partial charge in [-0.05, 0) is 79.4 Å². The lowest BCUT2D eigenvalue weighted by atomic mass is 10.1. The van der Waals surface area contributed by atoms with Crippen LogP contribution in [0.4, 0.5) is 0 Å². The van der Waals surface area contributed by atoms with Crippen molar-refractivity contribution in [3.05, 3.63) is 34.5 Å². The molecule has 1 N–H and O–H groups in total. The van der Waals surface area contributed by atoms with Crippen LogP contribution in [0.5, 0.6) is 0 Å². The Morgan fingerprint density at radius 1 is 1.29 bits per heavy atom. The molecule has 0 atom stereocenters. The highest BCUT2D eigenvalue weighted by Crippen LogP contribution is 2.28. The maximum Gasteiger partial charge on any atom is 0.336 e. The van der Waals surface area contributed by atoms with Crippen molar-refractivity contribution in [2.75, 3.05) is 0 Å². The number of benzene rings is 1. The Kier molecular flexibility index (Phi) is 4.62. The lowest BCUT2D eigenvalue weighted by molar-refractivity contribution is 0.0695. The van der Waals surface area contributed by atoms with Crippen LogP contribution in [0.15, 0.2) is 12.6 Å². The van der Waals surface area contributed by atoms with E-state index in [9.17, 15) is 4.79 Å². The van der Waals surface area contributed by atoms with Crippen LogP contribution >= 0.6 is 67.8 Å². The first-order valence-electron chi connectivity index (χ1n) is 3.52. The van der Waals surface area contributed by atoms with Crippen molar-refractivity contribution in [3.8, 4) is 0 Å². The van der Waals surface area contributed by atoms with Crippen LogP contribution < -0.4 is 0 Å². The monoisotopic (exact) mass is 526 g/mol. The topological polar surface area (TPSA) is 37.3 Å². The molecule has 1 aromatic carbocycles. The van der Waals surface area contributed by atoms with Gasteiger partial charge in [-0.1, -0.05) is 12.7 Å². The largest absolute Gasteiger partial charge is 0.478 e. The van der Waals surface area contributed by atoms with E-state index in [1.807, 2.05) is 0 Å². The molecule has 0 unspecified atom stereocenters. The average molecular weight is 526 g/mol. The van der Waals surface area contributed by atoms with E-state index in [0.29, 0.717) is 5.56 Å². The smallest absolute Gasteiger partial charge is 0.336 e. The van der Waals surface area contributed by atoms with E-state index in [1.165, 1.54) is 0 Å². The Balaban J connectivity index is 3.56. The molecule has 0 radical (unpaired) electrons. The summed E-state index contributed by atoms with van der Waals surface area (Å²) in [5.41, 5.74) is 1.21. The lowest BCUT2D eigenvalue weighted by Crippen LogP contribution is -2.04. The zero-order chi connectivity index (χ0) is 10.9. The molecular formula is C9H5I3O2. The standard InChI is InChI=1S/C9H5I3O2/c1-2-4-3-5(9(13)14)7(11)8(12)6(4)10/h2-3H,1H2,(H,13,14). The summed E-state index contributed by atoms with van der Waals surface area (Å²) in [6.45, 7) is 3.66. The van der Waals surface area contributed by atoms with Gasteiger partial charge in [-0.15, -0.1) is 0 Å². The summed E-state index contributed by atoms with van der Waals surface area (Å²) in [5.74, 6) is -0.896. The molecule has 0 bridgehead atoms. The highest BCUT2D eigenvalue weighted by molar-refractivity contribution is 14.1. The fourth-order valence-corrected chi connectivity index (χ4v) is 3.35. The van der Waals surface area contributed by atoms with E-state index in [0.717, 1.165) is 16.3 Å². The van der Waals surface area contributed by atoms with Gasteiger partial charge in [0.05, 0.1) is 5.56 Å². The van der Waals surface area contributed by atoms with Crippen molar-refractivity contribution in [2.45, 2.75) is 0 Å². The number of aromatic carboxylic acids is 1. The molecule has 0 heterocycles. The van der Waals surface area contributed by atoms with Gasteiger partial charge in [0.15, 0.2) is 0 Å². The molecule has 0 aromatic heterocycles. The first kappa shape index (κ1) is 12.7. The van der Waals surface area contributed by atoms with Gasteiger partial charge in [0.2, 0.25) is 0 Å². The predicted octanol–water partition coefficient (Wildman–Crippen LogP) is 3.84. The second kappa shape index (κ2) is 5.10. The van der Waals surface area contributed by atoms with E-state index >= 15 is 0 Å². The summed E-state index contributed by atoms with van der Waals surface area (Å²) >= 11 is 6.40. The number of carbonyl (C=O) groups is 1. The Labute approximate surface area is 123 Å². The number of carboxylic acid groups (broad SMARTS) is 1. The summed E-state index contributed by atoms with van der Waals surface area (Å²) in [5, 5.41) is 8.96. The quantitative estimate of drug-likeness (QED) is 0.471. The molecule has 0 aliphatic carbocycles. The van der Waals surface area contributed by atoms with Crippen molar-refractivity contribution in [2.24, 2.45) is 0 Å². The lowest BCUT2D eigenvalue weighted by Gasteiger charge is -2.07. The van der Waals surface area contributed by atoms with Crippen molar-refractivity contribution < 1.29 is 9.90 Å². The zero-order valence-electron chi connectivity index (χ0n) is 6.85. The van der Waals surface area contributed by atoms with Crippen LogP contribution in [0.1, 0.15) is 15.9 Å². The number of halogens is 3. The fourth-order valence-electron chi connectivity index (χ4n) is 0.928. The minimum Gasteiger partial charge on any atom is -0.478 e. The molecule has 5 heteroatoms. The normalized spacial score (nSPS) is 9.93. The molecule has 2 nitrogen and oxygen atoms in total. The zero-order valence-corrected chi connectivity index (χ0v) is 13.3. The van der Waals surface area contributed by atoms with Gasteiger partial charge in [0, 0.05) is 10.7 Å². The molecule has 0 saturated heterocycles. The molecule has 14 heavy (non-hydrogen) atoms. The number of hydrogen-bond donors (Lipinski definition) is 1. The van der Waals surface area contributed by atoms with Gasteiger partial charge in [-0.3, -0.25) is 0 Å². The maximum absolute atomic E-state index is 10.9. The predicted molar refractivity (Wildman–Crippen MR) is 81.6 cm³/mol. The molecular weight excluding hydrogens is 521 g/mol. The van der Waals surface area contributed by atoms with Crippen LogP contribution in [0, 0.1) is 10.7 Å². The van der Waals surface area contributed by atoms with Crippen LogP contribution in [-0.2, 0) is 0 Å².